The summed E-state index contributed by atoms with van der Waals surface area (Å²) in [5.74, 6) is 0.246. The van der Waals surface area contributed by atoms with Crippen molar-refractivity contribution < 1.29 is 4.79 Å². The van der Waals surface area contributed by atoms with Gasteiger partial charge in [-0.15, -0.1) is 0 Å². The van der Waals surface area contributed by atoms with E-state index in [9.17, 15) is 4.79 Å². The highest BCUT2D eigenvalue weighted by atomic mass is 16.1. The molecule has 1 aromatic rings. The van der Waals surface area contributed by atoms with Crippen LogP contribution in [0.25, 0.3) is 0 Å². The third-order valence-corrected chi connectivity index (χ3v) is 2.73. The van der Waals surface area contributed by atoms with E-state index in [0.29, 0.717) is 6.42 Å². The van der Waals surface area contributed by atoms with Crippen LogP contribution >= 0.6 is 0 Å². The fourth-order valence-electron chi connectivity index (χ4n) is 2.12. The molecule has 0 radical (unpaired) electrons. The summed E-state index contributed by atoms with van der Waals surface area (Å²) in [6.45, 7) is 9.82. The van der Waals surface area contributed by atoms with Crippen LogP contribution in [0, 0.1) is 20.8 Å². The van der Waals surface area contributed by atoms with E-state index in [-0.39, 0.29) is 5.78 Å². The summed E-state index contributed by atoms with van der Waals surface area (Å²) in [6.07, 6.45) is 0.582. The summed E-state index contributed by atoms with van der Waals surface area (Å²) >= 11 is 0. The number of rotatable bonds is 5. The van der Waals surface area contributed by atoms with Crippen LogP contribution in [0.4, 0.5) is 0 Å². The SMILES string of the molecule is CCNCCC(=O)c1c(C)cc(C)cc1C. The smallest absolute Gasteiger partial charge is 0.164 e. The van der Waals surface area contributed by atoms with E-state index >= 15 is 0 Å². The van der Waals surface area contributed by atoms with E-state index in [4.69, 9.17) is 0 Å². The standard InChI is InChI=1S/C14H21NO/c1-5-15-7-6-13(16)14-11(3)8-10(2)9-12(14)4/h8-9,15H,5-7H2,1-4H3. The second-order valence-corrected chi connectivity index (χ2v) is 4.30. The molecule has 0 saturated heterocycles. The van der Waals surface area contributed by atoms with Crippen LogP contribution < -0.4 is 5.32 Å². The summed E-state index contributed by atoms with van der Waals surface area (Å²) in [5.41, 5.74) is 4.32. The molecule has 0 aliphatic carbocycles. The van der Waals surface area contributed by atoms with Crippen LogP contribution in [-0.2, 0) is 0 Å². The number of carbonyl (C=O) groups is 1. The van der Waals surface area contributed by atoms with Gasteiger partial charge in [0.15, 0.2) is 5.78 Å². The van der Waals surface area contributed by atoms with Gasteiger partial charge in [-0.3, -0.25) is 4.79 Å². The van der Waals surface area contributed by atoms with Crippen LogP contribution in [0.15, 0.2) is 12.1 Å². The first-order valence-electron chi connectivity index (χ1n) is 5.88. The van der Waals surface area contributed by atoms with Crippen LogP contribution in [0.5, 0.6) is 0 Å². The van der Waals surface area contributed by atoms with Crippen molar-refractivity contribution in [3.05, 3.63) is 34.4 Å². The van der Waals surface area contributed by atoms with Gasteiger partial charge in [0, 0.05) is 18.5 Å². The Morgan fingerprint density at radius 2 is 1.75 bits per heavy atom. The van der Waals surface area contributed by atoms with Gasteiger partial charge in [-0.2, -0.15) is 0 Å². The van der Waals surface area contributed by atoms with Crippen LogP contribution in [-0.4, -0.2) is 18.9 Å². The number of Topliss-reactive ketones (excluding diaryl/α,β-unsaturated/α-hetero) is 1. The van der Waals surface area contributed by atoms with Gasteiger partial charge in [-0.05, 0) is 38.4 Å². The zero-order valence-electron chi connectivity index (χ0n) is 10.7. The lowest BCUT2D eigenvalue weighted by Gasteiger charge is -2.10. The van der Waals surface area contributed by atoms with Crippen molar-refractivity contribution in [1.82, 2.24) is 5.32 Å². The number of ketones is 1. The normalized spacial score (nSPS) is 10.5. The van der Waals surface area contributed by atoms with Crippen molar-refractivity contribution in [3.63, 3.8) is 0 Å². The Morgan fingerprint density at radius 3 is 2.25 bits per heavy atom. The van der Waals surface area contributed by atoms with E-state index < -0.39 is 0 Å². The first-order valence-corrected chi connectivity index (χ1v) is 5.88. The van der Waals surface area contributed by atoms with Crippen molar-refractivity contribution in [2.75, 3.05) is 13.1 Å². The number of nitrogens with one attached hydrogen (secondary N) is 1. The second kappa shape index (κ2) is 5.80. The number of carbonyl (C=O) groups excluding carboxylic acids is 1. The van der Waals surface area contributed by atoms with Crippen molar-refractivity contribution in [3.8, 4) is 0 Å². The maximum absolute atomic E-state index is 12.0. The molecule has 0 spiro atoms. The molecule has 1 aromatic carbocycles. The average Bonchev–Trinajstić information content (AvgIpc) is 2.16. The first-order chi connectivity index (χ1) is 7.56. The predicted molar refractivity (Wildman–Crippen MR) is 68.1 cm³/mol. The molecular weight excluding hydrogens is 198 g/mol. The van der Waals surface area contributed by atoms with Crippen LogP contribution in [0.3, 0.4) is 0 Å². The predicted octanol–water partition coefficient (Wildman–Crippen LogP) is 2.79. The van der Waals surface area contributed by atoms with Crippen molar-refractivity contribution in [2.45, 2.75) is 34.1 Å². The van der Waals surface area contributed by atoms with E-state index in [1.807, 2.05) is 20.8 Å². The highest BCUT2D eigenvalue weighted by molar-refractivity contribution is 5.99. The van der Waals surface area contributed by atoms with E-state index in [1.54, 1.807) is 0 Å². The van der Waals surface area contributed by atoms with Crippen molar-refractivity contribution in [1.29, 1.82) is 0 Å². The second-order valence-electron chi connectivity index (χ2n) is 4.30. The molecule has 0 unspecified atom stereocenters. The molecule has 2 heteroatoms. The Hall–Kier alpha value is -1.15. The van der Waals surface area contributed by atoms with Crippen LogP contribution in [0.2, 0.25) is 0 Å². The molecule has 16 heavy (non-hydrogen) atoms. The number of hydrogen-bond acceptors (Lipinski definition) is 2. The van der Waals surface area contributed by atoms with E-state index in [0.717, 1.165) is 29.8 Å². The van der Waals surface area contributed by atoms with Gasteiger partial charge in [-0.1, -0.05) is 24.6 Å². The fraction of sp³-hybridized carbons (Fsp3) is 0.500. The summed E-state index contributed by atoms with van der Waals surface area (Å²) in [5, 5.41) is 3.18. The zero-order chi connectivity index (χ0) is 12.1. The Morgan fingerprint density at radius 1 is 1.19 bits per heavy atom. The lowest BCUT2D eigenvalue weighted by molar-refractivity contribution is 0.0981. The Bertz CT molecular complexity index is 359. The van der Waals surface area contributed by atoms with E-state index in [1.165, 1.54) is 5.56 Å². The highest BCUT2D eigenvalue weighted by Crippen LogP contribution is 2.17. The number of aryl methyl sites for hydroxylation is 3. The van der Waals surface area contributed by atoms with Crippen molar-refractivity contribution >= 4 is 5.78 Å². The Kier molecular flexibility index (Phi) is 4.69. The van der Waals surface area contributed by atoms with Crippen molar-refractivity contribution in [2.24, 2.45) is 0 Å². The molecule has 0 fully saturated rings. The molecule has 0 bridgehead atoms. The minimum absolute atomic E-state index is 0.246. The molecule has 1 rings (SSSR count). The maximum Gasteiger partial charge on any atom is 0.164 e. The quantitative estimate of drug-likeness (QED) is 0.609. The molecule has 0 aliphatic rings. The van der Waals surface area contributed by atoms with Gasteiger partial charge in [0.2, 0.25) is 0 Å². The summed E-state index contributed by atoms with van der Waals surface area (Å²) in [7, 11) is 0. The first kappa shape index (κ1) is 12.9. The molecule has 0 heterocycles. The monoisotopic (exact) mass is 219 g/mol. The van der Waals surface area contributed by atoms with Crippen LogP contribution in [0.1, 0.15) is 40.4 Å². The third-order valence-electron chi connectivity index (χ3n) is 2.73. The van der Waals surface area contributed by atoms with E-state index in [2.05, 4.69) is 24.4 Å². The molecule has 0 aliphatic heterocycles. The van der Waals surface area contributed by atoms with Gasteiger partial charge >= 0.3 is 0 Å². The topological polar surface area (TPSA) is 29.1 Å². The molecule has 0 amide bonds. The minimum atomic E-state index is 0.246. The molecule has 1 N–H and O–H groups in total. The highest BCUT2D eigenvalue weighted by Gasteiger charge is 2.11. The lowest BCUT2D eigenvalue weighted by atomic mass is 9.95. The zero-order valence-corrected chi connectivity index (χ0v) is 10.7. The Labute approximate surface area is 98.1 Å². The van der Waals surface area contributed by atoms with Gasteiger partial charge < -0.3 is 5.32 Å². The fourth-order valence-corrected chi connectivity index (χ4v) is 2.12. The van der Waals surface area contributed by atoms with Gasteiger partial charge in [0.05, 0.1) is 0 Å². The molecule has 0 atom stereocenters. The lowest BCUT2D eigenvalue weighted by Crippen LogP contribution is -2.18. The molecular formula is C14H21NO. The molecule has 0 aromatic heterocycles. The molecule has 0 saturated carbocycles. The van der Waals surface area contributed by atoms with Gasteiger partial charge in [0.25, 0.3) is 0 Å². The average molecular weight is 219 g/mol. The number of hydrogen-bond donors (Lipinski definition) is 1. The molecule has 2 nitrogen and oxygen atoms in total. The third kappa shape index (κ3) is 3.17. The Balaban J connectivity index is 2.83. The minimum Gasteiger partial charge on any atom is -0.317 e. The summed E-state index contributed by atoms with van der Waals surface area (Å²) < 4.78 is 0. The van der Waals surface area contributed by atoms with Gasteiger partial charge in [-0.25, -0.2) is 0 Å². The summed E-state index contributed by atoms with van der Waals surface area (Å²) in [6, 6.07) is 4.15. The maximum atomic E-state index is 12.0. The van der Waals surface area contributed by atoms with Gasteiger partial charge in [0.1, 0.15) is 0 Å². The number of benzene rings is 1. The summed E-state index contributed by atoms with van der Waals surface area (Å²) in [4.78, 5) is 12.0. The largest absolute Gasteiger partial charge is 0.317 e. The molecule has 88 valence electrons.